The lowest BCUT2D eigenvalue weighted by molar-refractivity contribution is -0.0304. The van der Waals surface area contributed by atoms with E-state index in [0.29, 0.717) is 0 Å². The summed E-state index contributed by atoms with van der Waals surface area (Å²) in [7, 11) is -3.64. The highest BCUT2D eigenvalue weighted by Gasteiger charge is 2.31. The number of aliphatic hydroxyl groups excluding tert-OH is 1. The minimum atomic E-state index is -3.64. The van der Waals surface area contributed by atoms with Crippen molar-refractivity contribution in [1.82, 2.24) is 4.31 Å². The first kappa shape index (κ1) is 14.7. The molecule has 0 saturated carbocycles. The van der Waals surface area contributed by atoms with Crippen LogP contribution in [0.1, 0.15) is 5.56 Å². The number of morpholine rings is 1. The van der Waals surface area contributed by atoms with Crippen molar-refractivity contribution in [1.29, 1.82) is 0 Å². The molecule has 2 rings (SSSR count). The number of rotatable bonds is 3. The van der Waals surface area contributed by atoms with E-state index in [1.807, 2.05) is 6.92 Å². The fourth-order valence-corrected chi connectivity index (χ4v) is 4.00. The number of benzene rings is 1. The summed E-state index contributed by atoms with van der Waals surface area (Å²) in [5, 5.41) is 9.28. The molecular weight excluding hydrogens is 290 g/mol. The minimum absolute atomic E-state index is 0.0957. The van der Waals surface area contributed by atoms with Gasteiger partial charge in [-0.2, -0.15) is 4.31 Å². The molecule has 0 spiro atoms. The molecule has 19 heavy (non-hydrogen) atoms. The number of hydrogen-bond donors (Lipinski definition) is 1. The molecule has 7 heteroatoms. The quantitative estimate of drug-likeness (QED) is 0.906. The van der Waals surface area contributed by atoms with Crippen LogP contribution in [0.3, 0.4) is 0 Å². The Morgan fingerprint density at radius 2 is 2.26 bits per heavy atom. The molecule has 0 radical (unpaired) electrons. The third-order valence-corrected chi connectivity index (χ3v) is 5.36. The van der Waals surface area contributed by atoms with E-state index in [1.54, 1.807) is 12.1 Å². The Hall–Kier alpha value is -0.660. The molecule has 1 aliphatic heterocycles. The van der Waals surface area contributed by atoms with Gasteiger partial charge in [0.2, 0.25) is 10.0 Å². The molecule has 0 bridgehead atoms. The highest BCUT2D eigenvalue weighted by Crippen LogP contribution is 2.26. The topological polar surface area (TPSA) is 66.8 Å². The van der Waals surface area contributed by atoms with Crippen molar-refractivity contribution < 1.29 is 18.3 Å². The van der Waals surface area contributed by atoms with Crippen LogP contribution in [-0.2, 0) is 14.8 Å². The maximum atomic E-state index is 12.5. The summed E-state index contributed by atoms with van der Waals surface area (Å²) in [4.78, 5) is 0.0957. The molecule has 0 amide bonds. The Balaban J connectivity index is 2.31. The second-order valence-electron chi connectivity index (χ2n) is 4.47. The summed E-state index contributed by atoms with van der Waals surface area (Å²) in [6.45, 7) is 2.33. The molecule has 1 aliphatic rings. The highest BCUT2D eigenvalue weighted by atomic mass is 35.5. The normalized spacial score (nSPS) is 21.5. The maximum absolute atomic E-state index is 12.5. The smallest absolute Gasteiger partial charge is 0.244 e. The van der Waals surface area contributed by atoms with Gasteiger partial charge in [-0.1, -0.05) is 17.7 Å². The Morgan fingerprint density at radius 1 is 1.53 bits per heavy atom. The lowest BCUT2D eigenvalue weighted by atomic mass is 10.2. The van der Waals surface area contributed by atoms with Crippen LogP contribution in [0.2, 0.25) is 5.02 Å². The van der Waals surface area contributed by atoms with Crippen molar-refractivity contribution in [3.05, 3.63) is 28.8 Å². The van der Waals surface area contributed by atoms with Gasteiger partial charge in [-0.05, 0) is 24.6 Å². The molecule has 0 aliphatic carbocycles. The largest absolute Gasteiger partial charge is 0.394 e. The molecule has 1 aromatic rings. The van der Waals surface area contributed by atoms with Crippen LogP contribution in [-0.4, -0.2) is 50.2 Å². The van der Waals surface area contributed by atoms with Crippen LogP contribution in [0.5, 0.6) is 0 Å². The average Bonchev–Trinajstić information content (AvgIpc) is 2.38. The minimum Gasteiger partial charge on any atom is -0.394 e. The van der Waals surface area contributed by atoms with Gasteiger partial charge in [-0.15, -0.1) is 0 Å². The zero-order chi connectivity index (χ0) is 14.0. The number of nitrogens with zero attached hydrogens (tertiary/aromatic N) is 1. The Labute approximate surface area is 117 Å². The van der Waals surface area contributed by atoms with E-state index in [0.717, 1.165) is 5.56 Å². The standard InChI is InChI=1S/C12H16ClNO4S/c1-9-2-3-12(11(13)6-9)19(16,17)14-4-5-18-10(7-14)8-15/h2-3,6,10,15H,4-5,7-8H2,1H3. The third-order valence-electron chi connectivity index (χ3n) is 3.01. The van der Waals surface area contributed by atoms with Crippen LogP contribution in [0, 0.1) is 6.92 Å². The molecule has 5 nitrogen and oxygen atoms in total. The molecule has 0 aromatic heterocycles. The van der Waals surface area contributed by atoms with E-state index < -0.39 is 16.1 Å². The van der Waals surface area contributed by atoms with Gasteiger partial charge in [0.05, 0.1) is 24.3 Å². The molecule has 1 aromatic carbocycles. The summed E-state index contributed by atoms with van der Waals surface area (Å²) in [5.74, 6) is 0. The van der Waals surface area contributed by atoms with E-state index in [4.69, 9.17) is 21.4 Å². The van der Waals surface area contributed by atoms with Crippen LogP contribution in [0.15, 0.2) is 23.1 Å². The molecule has 1 heterocycles. The number of ether oxygens (including phenoxy) is 1. The monoisotopic (exact) mass is 305 g/mol. The lowest BCUT2D eigenvalue weighted by Gasteiger charge is -2.31. The predicted octanol–water partition coefficient (Wildman–Crippen LogP) is 1.03. The van der Waals surface area contributed by atoms with Gasteiger partial charge < -0.3 is 9.84 Å². The number of aryl methyl sites for hydroxylation is 1. The molecular formula is C12H16ClNO4S. The van der Waals surface area contributed by atoms with Crippen molar-refractivity contribution in [3.63, 3.8) is 0 Å². The zero-order valence-corrected chi connectivity index (χ0v) is 12.1. The van der Waals surface area contributed by atoms with Gasteiger partial charge in [0.1, 0.15) is 4.90 Å². The Kier molecular flexibility index (Phi) is 4.47. The van der Waals surface area contributed by atoms with Gasteiger partial charge >= 0.3 is 0 Å². The SMILES string of the molecule is Cc1ccc(S(=O)(=O)N2CCOC(CO)C2)c(Cl)c1. The van der Waals surface area contributed by atoms with Gasteiger partial charge in [0.25, 0.3) is 0 Å². The van der Waals surface area contributed by atoms with Crippen molar-refractivity contribution in [2.24, 2.45) is 0 Å². The molecule has 106 valence electrons. The van der Waals surface area contributed by atoms with Gasteiger partial charge in [-0.3, -0.25) is 0 Å². The molecule has 1 N–H and O–H groups in total. The first-order valence-electron chi connectivity index (χ1n) is 5.94. The Morgan fingerprint density at radius 3 is 2.89 bits per heavy atom. The van der Waals surface area contributed by atoms with Gasteiger partial charge in [0.15, 0.2) is 0 Å². The predicted molar refractivity (Wildman–Crippen MR) is 71.8 cm³/mol. The highest BCUT2D eigenvalue weighted by molar-refractivity contribution is 7.89. The fourth-order valence-electron chi connectivity index (χ4n) is 1.98. The average molecular weight is 306 g/mol. The second kappa shape index (κ2) is 5.76. The number of aliphatic hydroxyl groups is 1. The fraction of sp³-hybridized carbons (Fsp3) is 0.500. The van der Waals surface area contributed by atoms with Crippen molar-refractivity contribution in [2.75, 3.05) is 26.3 Å². The van der Waals surface area contributed by atoms with Gasteiger partial charge in [0, 0.05) is 13.1 Å². The molecule has 1 fully saturated rings. The summed E-state index contributed by atoms with van der Waals surface area (Å²) in [5.41, 5.74) is 0.902. The zero-order valence-electron chi connectivity index (χ0n) is 10.5. The molecule has 1 unspecified atom stereocenters. The first-order valence-corrected chi connectivity index (χ1v) is 7.75. The van der Waals surface area contributed by atoms with Crippen molar-refractivity contribution in [2.45, 2.75) is 17.9 Å². The van der Waals surface area contributed by atoms with E-state index in [2.05, 4.69) is 0 Å². The first-order chi connectivity index (χ1) is 8.95. The van der Waals surface area contributed by atoms with E-state index in [-0.39, 0.29) is 36.2 Å². The van der Waals surface area contributed by atoms with Crippen molar-refractivity contribution in [3.8, 4) is 0 Å². The number of halogens is 1. The number of hydrogen-bond acceptors (Lipinski definition) is 4. The van der Waals surface area contributed by atoms with Crippen LogP contribution in [0.25, 0.3) is 0 Å². The van der Waals surface area contributed by atoms with E-state index in [9.17, 15) is 8.42 Å². The summed E-state index contributed by atoms with van der Waals surface area (Å²) < 4.78 is 31.5. The van der Waals surface area contributed by atoms with Crippen molar-refractivity contribution >= 4 is 21.6 Å². The van der Waals surface area contributed by atoms with Gasteiger partial charge in [-0.25, -0.2) is 8.42 Å². The van der Waals surface area contributed by atoms with Crippen LogP contribution < -0.4 is 0 Å². The maximum Gasteiger partial charge on any atom is 0.244 e. The third kappa shape index (κ3) is 3.09. The molecule has 1 atom stereocenters. The summed E-state index contributed by atoms with van der Waals surface area (Å²) >= 11 is 6.02. The number of sulfonamides is 1. The lowest BCUT2D eigenvalue weighted by Crippen LogP contribution is -2.46. The molecule has 1 saturated heterocycles. The van der Waals surface area contributed by atoms with E-state index >= 15 is 0 Å². The summed E-state index contributed by atoms with van der Waals surface area (Å²) in [6, 6.07) is 4.84. The van der Waals surface area contributed by atoms with Crippen LogP contribution >= 0.6 is 11.6 Å². The van der Waals surface area contributed by atoms with E-state index in [1.165, 1.54) is 10.4 Å². The second-order valence-corrected chi connectivity index (χ2v) is 6.79. The Bertz CT molecular complexity index is 561. The summed E-state index contributed by atoms with van der Waals surface area (Å²) in [6.07, 6.45) is -0.479. The van der Waals surface area contributed by atoms with Crippen LogP contribution in [0.4, 0.5) is 0 Å².